The molecule has 2 rings (SSSR count). The van der Waals surface area contributed by atoms with Gasteiger partial charge in [0.1, 0.15) is 5.75 Å². The molecule has 0 saturated carbocycles. The maximum absolute atomic E-state index is 12.4. The van der Waals surface area contributed by atoms with Crippen molar-refractivity contribution in [1.82, 2.24) is 0 Å². The van der Waals surface area contributed by atoms with Crippen molar-refractivity contribution >= 4 is 29.2 Å². The van der Waals surface area contributed by atoms with E-state index in [4.69, 9.17) is 21.1 Å². The molecule has 0 aliphatic heterocycles. The van der Waals surface area contributed by atoms with Crippen LogP contribution in [-0.2, 0) is 20.7 Å². The van der Waals surface area contributed by atoms with Gasteiger partial charge in [0.25, 0.3) is 5.91 Å². The summed E-state index contributed by atoms with van der Waals surface area (Å²) in [5, 5.41) is 3.30. The Morgan fingerprint density at radius 1 is 1.07 bits per heavy atom. The van der Waals surface area contributed by atoms with Crippen LogP contribution in [0.25, 0.3) is 0 Å². The SMILES string of the molecule is CCc1ccc(NC(=O)[C@H](C)OC(=O)C(C)(C)Oc2ccc(Cl)cc2)cc1. The van der Waals surface area contributed by atoms with Crippen LogP contribution < -0.4 is 10.1 Å². The van der Waals surface area contributed by atoms with E-state index >= 15 is 0 Å². The number of anilines is 1. The third-order valence-corrected chi connectivity index (χ3v) is 4.21. The highest BCUT2D eigenvalue weighted by atomic mass is 35.5. The molecule has 2 aromatic rings. The minimum atomic E-state index is -1.26. The first-order valence-corrected chi connectivity index (χ1v) is 9.14. The molecule has 5 nitrogen and oxygen atoms in total. The lowest BCUT2D eigenvalue weighted by molar-refractivity contribution is -0.166. The molecule has 0 spiro atoms. The summed E-state index contributed by atoms with van der Waals surface area (Å²) in [5.41, 5.74) is 0.566. The Labute approximate surface area is 164 Å². The van der Waals surface area contributed by atoms with E-state index in [2.05, 4.69) is 12.2 Å². The van der Waals surface area contributed by atoms with E-state index in [0.717, 1.165) is 6.42 Å². The van der Waals surface area contributed by atoms with Gasteiger partial charge >= 0.3 is 5.97 Å². The molecule has 0 saturated heterocycles. The van der Waals surface area contributed by atoms with Gasteiger partial charge in [0, 0.05) is 10.7 Å². The fourth-order valence-corrected chi connectivity index (χ4v) is 2.39. The number of carbonyl (C=O) groups is 2. The van der Waals surface area contributed by atoms with Crippen LogP contribution >= 0.6 is 11.6 Å². The molecule has 0 aliphatic rings. The van der Waals surface area contributed by atoms with Crippen molar-refractivity contribution in [2.75, 3.05) is 5.32 Å². The summed E-state index contributed by atoms with van der Waals surface area (Å²) in [5.74, 6) is -0.564. The smallest absolute Gasteiger partial charge is 0.350 e. The number of esters is 1. The van der Waals surface area contributed by atoms with Gasteiger partial charge < -0.3 is 14.8 Å². The van der Waals surface area contributed by atoms with Crippen molar-refractivity contribution in [1.29, 1.82) is 0 Å². The van der Waals surface area contributed by atoms with Gasteiger partial charge in [0.15, 0.2) is 11.7 Å². The van der Waals surface area contributed by atoms with Crippen LogP contribution in [-0.4, -0.2) is 23.6 Å². The molecule has 2 aromatic carbocycles. The van der Waals surface area contributed by atoms with Gasteiger partial charge in [0.05, 0.1) is 0 Å². The molecule has 1 atom stereocenters. The van der Waals surface area contributed by atoms with Crippen molar-refractivity contribution < 1.29 is 19.1 Å². The predicted molar refractivity (Wildman–Crippen MR) is 106 cm³/mol. The Kier molecular flexibility index (Phi) is 6.86. The zero-order chi connectivity index (χ0) is 20.0. The minimum Gasteiger partial charge on any atom is -0.476 e. The van der Waals surface area contributed by atoms with Crippen LogP contribution in [0.3, 0.4) is 0 Å². The van der Waals surface area contributed by atoms with E-state index in [-0.39, 0.29) is 0 Å². The lowest BCUT2D eigenvalue weighted by atomic mass is 10.1. The molecule has 0 fully saturated rings. The Balaban J connectivity index is 1.93. The lowest BCUT2D eigenvalue weighted by Crippen LogP contribution is -2.43. The standard InChI is InChI=1S/C21H24ClNO4/c1-5-15-6-10-17(11-7-15)23-19(24)14(2)26-20(25)21(3,4)27-18-12-8-16(22)9-13-18/h6-14H,5H2,1-4H3,(H,23,24)/t14-/m0/s1. The van der Waals surface area contributed by atoms with Crippen molar-refractivity contribution in [3.63, 3.8) is 0 Å². The number of hydrogen-bond donors (Lipinski definition) is 1. The van der Waals surface area contributed by atoms with Gasteiger partial charge in [-0.1, -0.05) is 30.7 Å². The summed E-state index contributed by atoms with van der Waals surface area (Å²) >= 11 is 5.84. The molecule has 0 aliphatic carbocycles. The first-order valence-electron chi connectivity index (χ1n) is 8.76. The molecule has 0 unspecified atom stereocenters. The summed E-state index contributed by atoms with van der Waals surface area (Å²) in [6.07, 6.45) is -0.0401. The van der Waals surface area contributed by atoms with E-state index in [9.17, 15) is 9.59 Å². The second-order valence-corrected chi connectivity index (χ2v) is 7.09. The van der Waals surface area contributed by atoms with Crippen molar-refractivity contribution in [2.24, 2.45) is 0 Å². The van der Waals surface area contributed by atoms with E-state index in [1.807, 2.05) is 24.3 Å². The summed E-state index contributed by atoms with van der Waals surface area (Å²) < 4.78 is 11.0. The van der Waals surface area contributed by atoms with Crippen LogP contribution in [0.15, 0.2) is 48.5 Å². The number of amides is 1. The van der Waals surface area contributed by atoms with Crippen LogP contribution in [0.1, 0.15) is 33.3 Å². The average Bonchev–Trinajstić information content (AvgIpc) is 2.64. The molecule has 0 aromatic heterocycles. The molecule has 144 valence electrons. The molecule has 0 heterocycles. The molecule has 1 N–H and O–H groups in total. The second kappa shape index (κ2) is 8.91. The summed E-state index contributed by atoms with van der Waals surface area (Å²) in [6, 6.07) is 14.2. The highest BCUT2D eigenvalue weighted by molar-refractivity contribution is 6.30. The van der Waals surface area contributed by atoms with Crippen molar-refractivity contribution in [3.8, 4) is 5.75 Å². The quantitative estimate of drug-likeness (QED) is 0.701. The molecule has 6 heteroatoms. The average molecular weight is 390 g/mol. The van der Waals surface area contributed by atoms with Crippen molar-refractivity contribution in [3.05, 3.63) is 59.1 Å². The molecule has 1 amide bonds. The number of benzene rings is 2. The topological polar surface area (TPSA) is 64.6 Å². The van der Waals surface area contributed by atoms with Gasteiger partial charge in [0.2, 0.25) is 0 Å². The first kappa shape index (κ1) is 20.8. The van der Waals surface area contributed by atoms with Crippen LogP contribution in [0.4, 0.5) is 5.69 Å². The van der Waals surface area contributed by atoms with E-state index in [0.29, 0.717) is 16.5 Å². The van der Waals surface area contributed by atoms with Crippen molar-refractivity contribution in [2.45, 2.75) is 45.8 Å². The van der Waals surface area contributed by atoms with Gasteiger partial charge in [-0.05, 0) is 69.2 Å². The molecule has 0 bridgehead atoms. The van der Waals surface area contributed by atoms with E-state index in [1.54, 1.807) is 38.1 Å². The van der Waals surface area contributed by atoms with Crippen LogP contribution in [0, 0.1) is 0 Å². The van der Waals surface area contributed by atoms with Gasteiger partial charge in [-0.25, -0.2) is 4.79 Å². The van der Waals surface area contributed by atoms with E-state index in [1.165, 1.54) is 12.5 Å². The van der Waals surface area contributed by atoms with Gasteiger partial charge in [-0.15, -0.1) is 0 Å². The lowest BCUT2D eigenvalue weighted by Gasteiger charge is -2.26. The third-order valence-electron chi connectivity index (χ3n) is 3.96. The second-order valence-electron chi connectivity index (χ2n) is 6.65. The van der Waals surface area contributed by atoms with Crippen LogP contribution in [0.5, 0.6) is 5.75 Å². The number of ether oxygens (including phenoxy) is 2. The summed E-state index contributed by atoms with van der Waals surface area (Å²) in [6.45, 7) is 6.74. The molecular weight excluding hydrogens is 366 g/mol. The maximum atomic E-state index is 12.4. The zero-order valence-electron chi connectivity index (χ0n) is 15.9. The fraction of sp³-hybridized carbons (Fsp3) is 0.333. The number of rotatable bonds is 7. The summed E-state index contributed by atoms with van der Waals surface area (Å²) in [4.78, 5) is 24.7. The Bertz CT molecular complexity index is 785. The van der Waals surface area contributed by atoms with Gasteiger partial charge in [-0.2, -0.15) is 0 Å². The predicted octanol–water partition coefficient (Wildman–Crippen LogP) is 4.63. The van der Waals surface area contributed by atoms with E-state index < -0.39 is 23.6 Å². The monoisotopic (exact) mass is 389 g/mol. The van der Waals surface area contributed by atoms with Crippen LogP contribution in [0.2, 0.25) is 5.02 Å². The first-order chi connectivity index (χ1) is 12.7. The normalized spacial score (nSPS) is 12.2. The third kappa shape index (κ3) is 6.00. The highest BCUT2D eigenvalue weighted by Crippen LogP contribution is 2.22. The zero-order valence-corrected chi connectivity index (χ0v) is 16.7. The molecular formula is C21H24ClNO4. The maximum Gasteiger partial charge on any atom is 0.350 e. The number of aryl methyl sites for hydroxylation is 1. The minimum absolute atomic E-state index is 0.408. The Hall–Kier alpha value is -2.53. The number of halogens is 1. The van der Waals surface area contributed by atoms with Gasteiger partial charge in [-0.3, -0.25) is 4.79 Å². The summed E-state index contributed by atoms with van der Waals surface area (Å²) in [7, 11) is 0. The number of carbonyl (C=O) groups excluding carboxylic acids is 2. The largest absolute Gasteiger partial charge is 0.476 e. The molecule has 27 heavy (non-hydrogen) atoms. The Morgan fingerprint density at radius 3 is 2.22 bits per heavy atom. The number of nitrogens with one attached hydrogen (secondary N) is 1. The molecule has 0 radical (unpaired) electrons. The number of hydrogen-bond acceptors (Lipinski definition) is 4. The Morgan fingerprint density at radius 2 is 1.67 bits per heavy atom. The highest BCUT2D eigenvalue weighted by Gasteiger charge is 2.34. The fourth-order valence-electron chi connectivity index (χ4n) is 2.26.